The van der Waals surface area contributed by atoms with E-state index in [1.165, 1.54) is 5.56 Å². The van der Waals surface area contributed by atoms with E-state index in [4.69, 9.17) is 4.74 Å². The smallest absolute Gasteiger partial charge is 0.126 e. The Bertz CT molecular complexity index is 623. The first-order valence-electron chi connectivity index (χ1n) is 8.39. The maximum Gasteiger partial charge on any atom is 0.126 e. The summed E-state index contributed by atoms with van der Waals surface area (Å²) in [6, 6.07) is 18.7. The van der Waals surface area contributed by atoms with Crippen molar-refractivity contribution in [1.82, 2.24) is 9.80 Å². The van der Waals surface area contributed by atoms with Gasteiger partial charge in [0.1, 0.15) is 5.75 Å². The van der Waals surface area contributed by atoms with Crippen molar-refractivity contribution < 1.29 is 4.74 Å². The van der Waals surface area contributed by atoms with E-state index in [0.29, 0.717) is 0 Å². The van der Waals surface area contributed by atoms with Crippen LogP contribution in [0, 0.1) is 0 Å². The Morgan fingerprint density at radius 3 is 2.33 bits per heavy atom. The molecule has 3 nitrogen and oxygen atoms in total. The molecule has 0 atom stereocenters. The fourth-order valence-corrected chi connectivity index (χ4v) is 2.55. The monoisotopic (exact) mass is 324 g/mol. The zero-order valence-electron chi connectivity index (χ0n) is 15.0. The summed E-state index contributed by atoms with van der Waals surface area (Å²) >= 11 is 0. The number of ether oxygens (including phenoxy) is 1. The molecule has 0 aromatic heterocycles. The number of hydrogen-bond donors (Lipinski definition) is 0. The number of likely N-dealkylation sites (N-methyl/N-ethyl adjacent to an activating group) is 1. The molecule has 2 aromatic rings. The van der Waals surface area contributed by atoms with Crippen molar-refractivity contribution in [3.8, 4) is 5.75 Å². The first kappa shape index (κ1) is 18.2. The van der Waals surface area contributed by atoms with Crippen LogP contribution in [0.3, 0.4) is 0 Å². The van der Waals surface area contributed by atoms with E-state index in [9.17, 15) is 0 Å². The first-order chi connectivity index (χ1) is 11.7. The lowest BCUT2D eigenvalue weighted by atomic mass is 10.2. The summed E-state index contributed by atoms with van der Waals surface area (Å²) in [5, 5.41) is 0. The molecule has 0 aliphatic rings. The lowest BCUT2D eigenvalue weighted by Gasteiger charge is -2.23. The van der Waals surface area contributed by atoms with Gasteiger partial charge >= 0.3 is 0 Å². The van der Waals surface area contributed by atoms with Crippen molar-refractivity contribution in [2.45, 2.75) is 6.54 Å². The Labute approximate surface area is 146 Å². The van der Waals surface area contributed by atoms with Crippen LogP contribution in [0.5, 0.6) is 5.75 Å². The van der Waals surface area contributed by atoms with E-state index in [0.717, 1.165) is 37.5 Å². The van der Waals surface area contributed by atoms with Crippen molar-refractivity contribution in [1.29, 1.82) is 0 Å². The molecule has 0 radical (unpaired) electrons. The van der Waals surface area contributed by atoms with Crippen molar-refractivity contribution in [3.05, 3.63) is 71.8 Å². The quantitative estimate of drug-likeness (QED) is 0.698. The number of benzene rings is 2. The fraction of sp³-hybridized carbons (Fsp3) is 0.333. The van der Waals surface area contributed by atoms with Gasteiger partial charge in [-0.3, -0.25) is 4.90 Å². The maximum atomic E-state index is 5.41. The Morgan fingerprint density at radius 2 is 1.62 bits per heavy atom. The molecule has 0 fully saturated rings. The average molecular weight is 324 g/mol. The lowest BCUT2D eigenvalue weighted by Crippen LogP contribution is -2.31. The molecule has 0 N–H and O–H groups in total. The zero-order chi connectivity index (χ0) is 17.2. The van der Waals surface area contributed by atoms with Gasteiger partial charge in [0.15, 0.2) is 0 Å². The number of nitrogens with zero attached hydrogens (tertiary/aromatic N) is 2. The summed E-state index contributed by atoms with van der Waals surface area (Å²) in [7, 11) is 5.95. The fourth-order valence-electron chi connectivity index (χ4n) is 2.55. The van der Waals surface area contributed by atoms with Crippen LogP contribution in [-0.2, 0) is 6.54 Å². The van der Waals surface area contributed by atoms with E-state index in [1.54, 1.807) is 7.11 Å². The topological polar surface area (TPSA) is 15.7 Å². The second-order valence-electron chi connectivity index (χ2n) is 6.17. The van der Waals surface area contributed by atoms with Crippen molar-refractivity contribution in [2.24, 2.45) is 0 Å². The van der Waals surface area contributed by atoms with E-state index in [1.807, 2.05) is 18.2 Å². The third-order valence-corrected chi connectivity index (χ3v) is 3.91. The van der Waals surface area contributed by atoms with Crippen molar-refractivity contribution in [2.75, 3.05) is 40.8 Å². The SMILES string of the molecule is COc1ccccc1C=CCN(CCN(C)C)Cc1ccccc1. The van der Waals surface area contributed by atoms with Gasteiger partial charge in [-0.1, -0.05) is 60.7 Å². The molecule has 0 aliphatic carbocycles. The molecule has 0 amide bonds. The van der Waals surface area contributed by atoms with E-state index >= 15 is 0 Å². The summed E-state index contributed by atoms with van der Waals surface area (Å²) in [5.74, 6) is 0.914. The highest BCUT2D eigenvalue weighted by Gasteiger charge is 2.05. The molecule has 0 saturated heterocycles. The molecule has 128 valence electrons. The summed E-state index contributed by atoms with van der Waals surface area (Å²) in [6.45, 7) is 3.97. The molecule has 2 rings (SSSR count). The molecule has 0 spiro atoms. The van der Waals surface area contributed by atoms with Gasteiger partial charge in [0.2, 0.25) is 0 Å². The highest BCUT2D eigenvalue weighted by molar-refractivity contribution is 5.57. The van der Waals surface area contributed by atoms with Crippen LogP contribution >= 0.6 is 0 Å². The van der Waals surface area contributed by atoms with Gasteiger partial charge in [0, 0.05) is 31.7 Å². The molecule has 3 heteroatoms. The third kappa shape index (κ3) is 6.19. The van der Waals surface area contributed by atoms with Crippen LogP contribution in [0.25, 0.3) is 6.08 Å². The number of methoxy groups -OCH3 is 1. The van der Waals surface area contributed by atoms with Crippen molar-refractivity contribution in [3.63, 3.8) is 0 Å². The van der Waals surface area contributed by atoms with E-state index in [-0.39, 0.29) is 0 Å². The third-order valence-electron chi connectivity index (χ3n) is 3.91. The molecule has 0 bridgehead atoms. The minimum atomic E-state index is 0.914. The van der Waals surface area contributed by atoms with Crippen LogP contribution in [0.2, 0.25) is 0 Å². The Morgan fingerprint density at radius 1 is 0.917 bits per heavy atom. The normalized spacial score (nSPS) is 11.5. The highest BCUT2D eigenvalue weighted by Crippen LogP contribution is 2.18. The minimum absolute atomic E-state index is 0.914. The van der Waals surface area contributed by atoms with Crippen LogP contribution in [-0.4, -0.2) is 50.6 Å². The Hall–Kier alpha value is -2.10. The van der Waals surface area contributed by atoms with Gasteiger partial charge in [-0.05, 0) is 25.7 Å². The molecule has 0 saturated carbocycles. The average Bonchev–Trinajstić information content (AvgIpc) is 2.60. The number of rotatable bonds is 9. The lowest BCUT2D eigenvalue weighted by molar-refractivity contribution is 0.254. The van der Waals surface area contributed by atoms with Gasteiger partial charge < -0.3 is 9.64 Å². The van der Waals surface area contributed by atoms with Crippen LogP contribution in [0.1, 0.15) is 11.1 Å². The first-order valence-corrected chi connectivity index (χ1v) is 8.39. The van der Waals surface area contributed by atoms with Gasteiger partial charge in [0.25, 0.3) is 0 Å². The predicted molar refractivity (Wildman–Crippen MR) is 102 cm³/mol. The summed E-state index contributed by atoms with van der Waals surface area (Å²) in [6.07, 6.45) is 4.36. The molecule has 0 aliphatic heterocycles. The molecule has 0 unspecified atom stereocenters. The standard InChI is InChI=1S/C21H28N2O/c1-22(2)16-17-23(18-19-10-5-4-6-11-19)15-9-13-20-12-7-8-14-21(20)24-3/h4-14H,15-18H2,1-3H3. The van der Waals surface area contributed by atoms with Gasteiger partial charge in [-0.15, -0.1) is 0 Å². The van der Waals surface area contributed by atoms with Crippen LogP contribution in [0.4, 0.5) is 0 Å². The van der Waals surface area contributed by atoms with Crippen LogP contribution in [0.15, 0.2) is 60.7 Å². The summed E-state index contributed by atoms with van der Waals surface area (Å²) in [5.41, 5.74) is 2.47. The molecule has 2 aromatic carbocycles. The summed E-state index contributed by atoms with van der Waals surface area (Å²) in [4.78, 5) is 4.68. The van der Waals surface area contributed by atoms with Gasteiger partial charge in [-0.25, -0.2) is 0 Å². The second kappa shape index (κ2) is 9.91. The van der Waals surface area contributed by atoms with Gasteiger partial charge in [0.05, 0.1) is 7.11 Å². The largest absolute Gasteiger partial charge is 0.496 e. The predicted octanol–water partition coefficient (Wildman–Crippen LogP) is 3.77. The van der Waals surface area contributed by atoms with Crippen molar-refractivity contribution >= 4 is 6.08 Å². The summed E-state index contributed by atoms with van der Waals surface area (Å²) < 4.78 is 5.41. The molecular formula is C21H28N2O. The highest BCUT2D eigenvalue weighted by atomic mass is 16.5. The molecular weight excluding hydrogens is 296 g/mol. The van der Waals surface area contributed by atoms with Gasteiger partial charge in [-0.2, -0.15) is 0 Å². The second-order valence-corrected chi connectivity index (χ2v) is 6.17. The maximum absolute atomic E-state index is 5.41. The number of para-hydroxylation sites is 1. The number of hydrogen-bond acceptors (Lipinski definition) is 3. The zero-order valence-corrected chi connectivity index (χ0v) is 15.0. The minimum Gasteiger partial charge on any atom is -0.496 e. The van der Waals surface area contributed by atoms with E-state index < -0.39 is 0 Å². The molecule has 0 heterocycles. The Kier molecular flexibility index (Phi) is 7.53. The van der Waals surface area contributed by atoms with Crippen LogP contribution < -0.4 is 4.74 Å². The molecule has 24 heavy (non-hydrogen) atoms. The Balaban J connectivity index is 2.00. The van der Waals surface area contributed by atoms with E-state index in [2.05, 4.69) is 72.4 Å².